The number of aliphatic hydroxyl groups is 1. The van der Waals surface area contributed by atoms with E-state index >= 15 is 0 Å². The number of rotatable bonds is 7. The number of carbonyl (C=O) groups excluding carboxylic acids is 1. The fraction of sp³-hybridized carbons (Fsp3) is 0.176. The molecule has 0 spiro atoms. The van der Waals surface area contributed by atoms with Gasteiger partial charge < -0.3 is 15.6 Å². The van der Waals surface area contributed by atoms with Gasteiger partial charge in [0, 0.05) is 11.1 Å². The molecule has 1 amide bonds. The molecule has 0 aliphatic carbocycles. The summed E-state index contributed by atoms with van der Waals surface area (Å²) in [6.45, 7) is -0.0913. The molecule has 0 bridgehead atoms. The van der Waals surface area contributed by atoms with Crippen LogP contribution in [0.25, 0.3) is 11.4 Å². The summed E-state index contributed by atoms with van der Waals surface area (Å²) in [6, 6.07) is 12.4. The Kier molecular flexibility index (Phi) is 5.18. The topological polar surface area (TPSA) is 116 Å². The summed E-state index contributed by atoms with van der Waals surface area (Å²) in [5.74, 6) is -0.622. The zero-order chi connectivity index (χ0) is 18.5. The Hall–Kier alpha value is -3.33. The van der Waals surface area contributed by atoms with E-state index in [9.17, 15) is 14.3 Å². The number of nitrogens with two attached hydrogens (primary N) is 1. The predicted octanol–water partition coefficient (Wildman–Crippen LogP) is 1.02. The highest BCUT2D eigenvalue weighted by Crippen LogP contribution is 2.16. The summed E-state index contributed by atoms with van der Waals surface area (Å²) < 4.78 is 18.7. The lowest BCUT2D eigenvalue weighted by Crippen LogP contribution is -2.25. The molecule has 134 valence electrons. The summed E-state index contributed by atoms with van der Waals surface area (Å²) in [7, 11) is 0. The average Bonchev–Trinajstić information content (AvgIpc) is 3.09. The van der Waals surface area contributed by atoms with Gasteiger partial charge in [0.1, 0.15) is 12.7 Å². The second-order valence-electron chi connectivity index (χ2n) is 5.50. The average molecular weight is 357 g/mol. The van der Waals surface area contributed by atoms with Crippen LogP contribution in [0.4, 0.5) is 4.39 Å². The van der Waals surface area contributed by atoms with Gasteiger partial charge in [0.05, 0.1) is 6.54 Å². The monoisotopic (exact) mass is 357 g/mol. The minimum Gasteiger partial charge on any atom is -0.488 e. The number of primary amides is 1. The lowest BCUT2D eigenvalue weighted by atomic mass is 10.1. The third-order valence-corrected chi connectivity index (χ3v) is 3.52. The van der Waals surface area contributed by atoms with Crippen LogP contribution in [0.1, 0.15) is 10.4 Å². The summed E-state index contributed by atoms with van der Waals surface area (Å²) in [5.41, 5.74) is 6.22. The van der Waals surface area contributed by atoms with E-state index in [2.05, 4.69) is 15.4 Å². The van der Waals surface area contributed by atoms with Crippen molar-refractivity contribution in [2.75, 3.05) is 6.61 Å². The third-order valence-electron chi connectivity index (χ3n) is 3.52. The van der Waals surface area contributed by atoms with E-state index in [-0.39, 0.29) is 18.9 Å². The van der Waals surface area contributed by atoms with Crippen molar-refractivity contribution in [1.82, 2.24) is 20.2 Å². The number of nitrogens with zero attached hydrogens (tertiary/aromatic N) is 4. The Labute approximate surface area is 148 Å². The first-order valence-electron chi connectivity index (χ1n) is 7.76. The number of carbonyl (C=O) groups is 1. The fourth-order valence-corrected chi connectivity index (χ4v) is 2.21. The highest BCUT2D eigenvalue weighted by Gasteiger charge is 2.12. The quantitative estimate of drug-likeness (QED) is 0.652. The molecule has 0 aliphatic rings. The molecule has 1 unspecified atom stereocenters. The Bertz CT molecular complexity index is 897. The number of hydrogen-bond acceptors (Lipinski definition) is 6. The molecule has 8 nitrogen and oxygen atoms in total. The van der Waals surface area contributed by atoms with Gasteiger partial charge in [-0.15, -0.1) is 10.2 Å². The van der Waals surface area contributed by atoms with Crippen LogP contribution in [0.5, 0.6) is 5.75 Å². The molecule has 0 radical (unpaired) electrons. The van der Waals surface area contributed by atoms with Crippen LogP contribution in [0.15, 0.2) is 48.5 Å². The third kappa shape index (κ3) is 4.19. The Balaban J connectivity index is 1.59. The van der Waals surface area contributed by atoms with Crippen molar-refractivity contribution in [3.8, 4) is 17.1 Å². The van der Waals surface area contributed by atoms with E-state index in [1.807, 2.05) is 0 Å². The van der Waals surface area contributed by atoms with Crippen molar-refractivity contribution in [3.05, 3.63) is 59.9 Å². The van der Waals surface area contributed by atoms with Gasteiger partial charge in [-0.3, -0.25) is 4.79 Å². The van der Waals surface area contributed by atoms with Crippen molar-refractivity contribution in [3.63, 3.8) is 0 Å². The van der Waals surface area contributed by atoms with Gasteiger partial charge in [-0.1, -0.05) is 24.3 Å². The zero-order valence-electron chi connectivity index (χ0n) is 13.6. The molecule has 3 rings (SSSR count). The number of amides is 1. The number of aliphatic hydroxyl groups excluding tert-OH is 1. The largest absolute Gasteiger partial charge is 0.488 e. The van der Waals surface area contributed by atoms with Crippen molar-refractivity contribution in [1.29, 1.82) is 0 Å². The number of para-hydroxylation sites is 1. The molecule has 26 heavy (non-hydrogen) atoms. The smallest absolute Gasteiger partial charge is 0.248 e. The highest BCUT2D eigenvalue weighted by atomic mass is 19.1. The minimum absolute atomic E-state index is 0.0286. The number of halogens is 1. The molecule has 1 atom stereocenters. The number of tetrazole rings is 1. The molecule has 0 saturated heterocycles. The van der Waals surface area contributed by atoms with Crippen molar-refractivity contribution in [2.45, 2.75) is 12.6 Å². The standard InChI is InChI=1S/C17H16FN5O3/c18-14-3-1-2-4-15(14)26-10-13(24)9-23-21-17(20-22-23)12-7-5-11(6-8-12)16(19)25/h1-8,13,24H,9-10H2,(H2,19,25). The number of aromatic nitrogens is 4. The molecule has 1 aromatic heterocycles. The van der Waals surface area contributed by atoms with E-state index in [0.717, 1.165) is 0 Å². The maximum Gasteiger partial charge on any atom is 0.248 e. The zero-order valence-corrected chi connectivity index (χ0v) is 13.6. The Morgan fingerprint density at radius 1 is 1.23 bits per heavy atom. The van der Waals surface area contributed by atoms with Crippen molar-refractivity contribution in [2.24, 2.45) is 5.73 Å². The van der Waals surface area contributed by atoms with Gasteiger partial charge >= 0.3 is 0 Å². The van der Waals surface area contributed by atoms with Crippen LogP contribution in [0.3, 0.4) is 0 Å². The lowest BCUT2D eigenvalue weighted by Gasteiger charge is -2.11. The van der Waals surface area contributed by atoms with Crippen LogP contribution in [0, 0.1) is 5.82 Å². The maximum atomic E-state index is 13.5. The molecule has 0 fully saturated rings. The summed E-state index contributed by atoms with van der Waals surface area (Å²) >= 11 is 0. The van der Waals surface area contributed by atoms with Gasteiger partial charge in [-0.25, -0.2) is 4.39 Å². The maximum absolute atomic E-state index is 13.5. The number of hydrogen-bond donors (Lipinski definition) is 2. The fourth-order valence-electron chi connectivity index (χ4n) is 2.21. The Morgan fingerprint density at radius 2 is 1.96 bits per heavy atom. The van der Waals surface area contributed by atoms with Crippen molar-refractivity contribution < 1.29 is 19.0 Å². The van der Waals surface area contributed by atoms with Crippen LogP contribution >= 0.6 is 0 Å². The van der Waals surface area contributed by atoms with Gasteiger partial charge in [0.15, 0.2) is 11.6 Å². The summed E-state index contributed by atoms with van der Waals surface area (Å²) in [6.07, 6.45) is -0.950. The normalized spacial score (nSPS) is 11.9. The second-order valence-corrected chi connectivity index (χ2v) is 5.50. The number of ether oxygens (including phenoxy) is 1. The molecule has 2 aromatic carbocycles. The van der Waals surface area contributed by atoms with E-state index < -0.39 is 17.8 Å². The summed E-state index contributed by atoms with van der Waals surface area (Å²) in [4.78, 5) is 12.3. The van der Waals surface area contributed by atoms with E-state index in [0.29, 0.717) is 17.0 Å². The van der Waals surface area contributed by atoms with Crippen LogP contribution in [-0.2, 0) is 6.54 Å². The second kappa shape index (κ2) is 7.70. The molecule has 9 heteroatoms. The molecule has 1 heterocycles. The summed E-state index contributed by atoms with van der Waals surface area (Å²) in [5, 5.41) is 21.9. The molecular weight excluding hydrogens is 341 g/mol. The highest BCUT2D eigenvalue weighted by molar-refractivity contribution is 5.93. The van der Waals surface area contributed by atoms with Gasteiger partial charge in [0.2, 0.25) is 11.7 Å². The SMILES string of the molecule is NC(=O)c1ccc(-c2nnn(CC(O)COc3ccccc3F)n2)cc1. The first-order chi connectivity index (χ1) is 12.5. The molecule has 0 saturated carbocycles. The van der Waals surface area contributed by atoms with E-state index in [1.165, 1.54) is 16.9 Å². The molecule has 3 aromatic rings. The molecular formula is C17H16FN5O3. The Morgan fingerprint density at radius 3 is 2.65 bits per heavy atom. The number of benzene rings is 2. The predicted molar refractivity (Wildman–Crippen MR) is 89.7 cm³/mol. The lowest BCUT2D eigenvalue weighted by molar-refractivity contribution is 0.0831. The van der Waals surface area contributed by atoms with E-state index in [4.69, 9.17) is 10.5 Å². The first-order valence-corrected chi connectivity index (χ1v) is 7.76. The molecule has 0 aliphatic heterocycles. The van der Waals surface area contributed by atoms with Gasteiger partial charge in [0.25, 0.3) is 0 Å². The van der Waals surface area contributed by atoms with Crippen molar-refractivity contribution >= 4 is 5.91 Å². The van der Waals surface area contributed by atoms with Crippen LogP contribution in [-0.4, -0.2) is 43.9 Å². The minimum atomic E-state index is -0.950. The molecule has 3 N–H and O–H groups in total. The van der Waals surface area contributed by atoms with Gasteiger partial charge in [-0.2, -0.15) is 4.80 Å². The first kappa shape index (κ1) is 17.5. The van der Waals surface area contributed by atoms with Gasteiger partial charge in [-0.05, 0) is 29.5 Å². The van der Waals surface area contributed by atoms with Crippen LogP contribution < -0.4 is 10.5 Å². The van der Waals surface area contributed by atoms with Crippen LogP contribution in [0.2, 0.25) is 0 Å². The van der Waals surface area contributed by atoms with E-state index in [1.54, 1.807) is 36.4 Å².